The molecule has 3 aromatic rings. The fourth-order valence-corrected chi connectivity index (χ4v) is 5.98. The first kappa shape index (κ1) is 27.8. The molecular weight excluding hydrogens is 507 g/mol. The smallest absolute Gasteiger partial charge is 0.226 e. The number of carbonyl (C=O) groups excluding carboxylic acids is 2. The summed E-state index contributed by atoms with van der Waals surface area (Å²) in [6.07, 6.45) is 5.96. The van der Waals surface area contributed by atoms with E-state index in [0.717, 1.165) is 42.6 Å². The first-order valence-corrected chi connectivity index (χ1v) is 14.2. The van der Waals surface area contributed by atoms with Crippen molar-refractivity contribution in [1.82, 2.24) is 14.8 Å². The summed E-state index contributed by atoms with van der Waals surface area (Å²) < 4.78 is 19.3. The minimum Gasteiger partial charge on any atom is -0.493 e. The number of nitrogens with zero attached hydrogens (tertiary/aromatic N) is 4. The molecule has 1 aromatic heterocycles. The SMILES string of the molecule is CC(=O)N1CCC2CCCC(CN(C(=O)CCOc3cccc(F)c3)Cc3ccccc31)N2Cc1ccccn1. The Morgan fingerprint density at radius 1 is 1.00 bits per heavy atom. The van der Waals surface area contributed by atoms with Crippen LogP contribution in [0.25, 0.3) is 0 Å². The highest BCUT2D eigenvalue weighted by Gasteiger charge is 2.34. The zero-order valence-corrected chi connectivity index (χ0v) is 23.0. The van der Waals surface area contributed by atoms with Crippen LogP contribution in [0.15, 0.2) is 72.9 Å². The van der Waals surface area contributed by atoms with Crippen LogP contribution in [0.1, 0.15) is 50.3 Å². The van der Waals surface area contributed by atoms with Gasteiger partial charge in [0, 0.05) is 63.1 Å². The molecule has 2 atom stereocenters. The van der Waals surface area contributed by atoms with Crippen molar-refractivity contribution < 1.29 is 18.7 Å². The number of hydrogen-bond donors (Lipinski definition) is 0. The van der Waals surface area contributed by atoms with E-state index in [1.165, 1.54) is 12.1 Å². The Morgan fingerprint density at radius 2 is 1.82 bits per heavy atom. The van der Waals surface area contributed by atoms with E-state index in [9.17, 15) is 14.0 Å². The van der Waals surface area contributed by atoms with E-state index in [1.807, 2.05) is 58.5 Å². The summed E-state index contributed by atoms with van der Waals surface area (Å²) >= 11 is 0. The zero-order valence-electron chi connectivity index (χ0n) is 23.0. The third-order valence-electron chi connectivity index (χ3n) is 7.96. The van der Waals surface area contributed by atoms with Crippen LogP contribution in [0.4, 0.5) is 10.1 Å². The first-order chi connectivity index (χ1) is 19.5. The molecule has 0 spiro atoms. The second-order valence-corrected chi connectivity index (χ2v) is 10.7. The van der Waals surface area contributed by atoms with E-state index in [-0.39, 0.29) is 42.7 Å². The number of amides is 2. The number of rotatable bonds is 6. The topological polar surface area (TPSA) is 66.0 Å². The van der Waals surface area contributed by atoms with Gasteiger partial charge in [0.2, 0.25) is 11.8 Å². The van der Waals surface area contributed by atoms with E-state index in [1.54, 1.807) is 19.1 Å². The molecule has 2 aliphatic rings. The number of fused-ring (bicyclic) bond motifs is 3. The van der Waals surface area contributed by atoms with Crippen LogP contribution in [-0.2, 0) is 22.7 Å². The normalized spacial score (nSPS) is 19.9. The molecule has 5 rings (SSSR count). The lowest BCUT2D eigenvalue weighted by atomic mass is 9.92. The number of anilines is 1. The number of carbonyl (C=O) groups is 2. The van der Waals surface area contributed by atoms with Crippen molar-refractivity contribution in [3.05, 3.63) is 90.0 Å². The van der Waals surface area contributed by atoms with Crippen molar-refractivity contribution in [2.45, 2.75) is 64.2 Å². The number of halogens is 1. The minimum absolute atomic E-state index is 0.00305. The van der Waals surface area contributed by atoms with Crippen LogP contribution in [0.5, 0.6) is 5.75 Å². The van der Waals surface area contributed by atoms with Gasteiger partial charge < -0.3 is 14.5 Å². The molecule has 3 heterocycles. The average molecular weight is 545 g/mol. The fourth-order valence-electron chi connectivity index (χ4n) is 5.98. The predicted molar refractivity (Wildman–Crippen MR) is 152 cm³/mol. The maximum Gasteiger partial charge on any atom is 0.226 e. The third-order valence-corrected chi connectivity index (χ3v) is 7.96. The van der Waals surface area contributed by atoms with Crippen molar-refractivity contribution in [3.8, 4) is 5.75 Å². The zero-order chi connectivity index (χ0) is 27.9. The molecule has 0 saturated carbocycles. The third kappa shape index (κ3) is 6.86. The minimum atomic E-state index is -0.373. The summed E-state index contributed by atoms with van der Waals surface area (Å²) in [6, 6.07) is 20.3. The highest BCUT2D eigenvalue weighted by Crippen LogP contribution is 2.31. The van der Waals surface area contributed by atoms with Gasteiger partial charge in [0.25, 0.3) is 0 Å². The molecule has 2 bridgehead atoms. The molecule has 1 fully saturated rings. The van der Waals surface area contributed by atoms with Gasteiger partial charge in [0.15, 0.2) is 0 Å². The van der Waals surface area contributed by atoms with E-state index in [0.29, 0.717) is 31.9 Å². The number of aromatic nitrogens is 1. The number of piperidine rings is 1. The summed E-state index contributed by atoms with van der Waals surface area (Å²) in [5.41, 5.74) is 2.81. The number of ether oxygens (including phenoxy) is 1. The van der Waals surface area contributed by atoms with Gasteiger partial charge in [-0.3, -0.25) is 19.5 Å². The predicted octanol–water partition coefficient (Wildman–Crippen LogP) is 5.20. The van der Waals surface area contributed by atoms with Gasteiger partial charge in [-0.25, -0.2) is 4.39 Å². The summed E-state index contributed by atoms with van der Waals surface area (Å²) in [5, 5.41) is 0. The Kier molecular flexibility index (Phi) is 9.06. The van der Waals surface area contributed by atoms with E-state index in [4.69, 9.17) is 4.74 Å². The lowest BCUT2D eigenvalue weighted by Gasteiger charge is -2.44. The van der Waals surface area contributed by atoms with Crippen LogP contribution in [0.2, 0.25) is 0 Å². The van der Waals surface area contributed by atoms with Gasteiger partial charge in [-0.05, 0) is 55.2 Å². The molecule has 2 aromatic carbocycles. The highest BCUT2D eigenvalue weighted by molar-refractivity contribution is 5.92. The molecule has 1 saturated heterocycles. The monoisotopic (exact) mass is 544 g/mol. The maximum atomic E-state index is 13.7. The lowest BCUT2D eigenvalue weighted by molar-refractivity contribution is -0.133. The standard InChI is InChI=1S/C32H37FN4O3/c1-24(38)36-18-15-28-11-7-12-29(37(28)22-27-10-4-5-17-34-27)23-35(21-25-8-2-3-14-31(25)36)32(39)16-19-40-30-13-6-9-26(33)20-30/h2-6,8-10,13-14,17,20,28-29H,7,11-12,15-16,18-19,21-23H2,1H3. The van der Waals surface area contributed by atoms with Crippen LogP contribution in [0, 0.1) is 5.82 Å². The van der Waals surface area contributed by atoms with Crippen molar-refractivity contribution in [1.29, 1.82) is 0 Å². The van der Waals surface area contributed by atoms with Crippen molar-refractivity contribution in [2.75, 3.05) is 24.6 Å². The Balaban J connectivity index is 1.43. The molecule has 2 unspecified atom stereocenters. The van der Waals surface area contributed by atoms with Crippen LogP contribution in [-0.4, -0.2) is 58.4 Å². The molecule has 2 aliphatic heterocycles. The number of para-hydroxylation sites is 1. The van der Waals surface area contributed by atoms with Crippen LogP contribution < -0.4 is 9.64 Å². The quantitative estimate of drug-likeness (QED) is 0.427. The van der Waals surface area contributed by atoms with E-state index >= 15 is 0 Å². The Labute approximate surface area is 235 Å². The summed E-state index contributed by atoms with van der Waals surface area (Å²) in [6.45, 7) is 4.07. The Morgan fingerprint density at radius 3 is 2.62 bits per heavy atom. The van der Waals surface area contributed by atoms with Gasteiger partial charge in [0.1, 0.15) is 11.6 Å². The lowest BCUT2D eigenvalue weighted by Crippen LogP contribution is -2.52. The van der Waals surface area contributed by atoms with Gasteiger partial charge >= 0.3 is 0 Å². The van der Waals surface area contributed by atoms with Gasteiger partial charge in [-0.1, -0.05) is 36.8 Å². The van der Waals surface area contributed by atoms with Crippen molar-refractivity contribution >= 4 is 17.5 Å². The average Bonchev–Trinajstić information content (AvgIpc) is 2.96. The second kappa shape index (κ2) is 13.0. The van der Waals surface area contributed by atoms with Crippen LogP contribution >= 0.6 is 0 Å². The first-order valence-electron chi connectivity index (χ1n) is 14.2. The van der Waals surface area contributed by atoms with Crippen LogP contribution in [0.3, 0.4) is 0 Å². The highest BCUT2D eigenvalue weighted by atomic mass is 19.1. The van der Waals surface area contributed by atoms with Crippen molar-refractivity contribution in [2.24, 2.45) is 0 Å². The van der Waals surface area contributed by atoms with Gasteiger partial charge in [-0.15, -0.1) is 0 Å². The van der Waals surface area contributed by atoms with Gasteiger partial charge in [0.05, 0.1) is 18.7 Å². The second-order valence-electron chi connectivity index (χ2n) is 10.7. The molecule has 40 heavy (non-hydrogen) atoms. The summed E-state index contributed by atoms with van der Waals surface area (Å²) in [4.78, 5) is 37.4. The van der Waals surface area contributed by atoms with E-state index < -0.39 is 0 Å². The molecule has 210 valence electrons. The van der Waals surface area contributed by atoms with Gasteiger partial charge in [-0.2, -0.15) is 0 Å². The molecule has 2 amide bonds. The molecule has 8 heteroatoms. The number of pyridine rings is 1. The molecular formula is C32H37FN4O3. The molecule has 0 radical (unpaired) electrons. The Hall–Kier alpha value is -3.78. The molecule has 0 aliphatic carbocycles. The van der Waals surface area contributed by atoms with E-state index in [2.05, 4.69) is 9.88 Å². The molecule has 7 nitrogen and oxygen atoms in total. The van der Waals surface area contributed by atoms with Crippen molar-refractivity contribution in [3.63, 3.8) is 0 Å². The maximum absolute atomic E-state index is 13.7. The molecule has 0 N–H and O–H groups in total. The number of benzene rings is 2. The summed E-state index contributed by atoms with van der Waals surface area (Å²) in [5.74, 6) is 0.00300. The Bertz CT molecular complexity index is 1300. The summed E-state index contributed by atoms with van der Waals surface area (Å²) in [7, 11) is 0. The fraction of sp³-hybridized carbons (Fsp3) is 0.406. The number of hydrogen-bond acceptors (Lipinski definition) is 5. The largest absolute Gasteiger partial charge is 0.493 e.